The second-order valence-electron chi connectivity index (χ2n) is 3.27. The average molecular weight is 173 g/mol. The van der Waals surface area contributed by atoms with Gasteiger partial charge in [-0.25, -0.2) is 4.98 Å². The Kier molecular flexibility index (Phi) is 1.72. The first-order valence-electron chi connectivity index (χ1n) is 4.24. The maximum Gasteiger partial charge on any atom is 0.138 e. The summed E-state index contributed by atoms with van der Waals surface area (Å²) in [7, 11) is 0. The Morgan fingerprint density at radius 3 is 2.62 bits per heavy atom. The topological polar surface area (TPSA) is 38.7 Å². The van der Waals surface area contributed by atoms with Gasteiger partial charge in [0.05, 0.1) is 5.52 Å². The molecular formula is C10H11N3. The molecule has 13 heavy (non-hydrogen) atoms. The van der Waals surface area contributed by atoms with Gasteiger partial charge in [-0.05, 0) is 43.5 Å². The number of hydrogen-bond acceptors (Lipinski definition) is 3. The van der Waals surface area contributed by atoms with Crippen molar-refractivity contribution in [2.24, 2.45) is 0 Å². The third-order valence-electron chi connectivity index (χ3n) is 2.51. The summed E-state index contributed by atoms with van der Waals surface area (Å²) in [6.07, 6.45) is 1.48. The zero-order chi connectivity index (χ0) is 9.42. The van der Waals surface area contributed by atoms with Crippen molar-refractivity contribution >= 4 is 11.0 Å². The molecule has 0 radical (unpaired) electrons. The van der Waals surface area contributed by atoms with Crippen molar-refractivity contribution in [1.82, 2.24) is 15.2 Å². The second-order valence-corrected chi connectivity index (χ2v) is 3.27. The summed E-state index contributed by atoms with van der Waals surface area (Å²) in [6.45, 7) is 6.24. The van der Waals surface area contributed by atoms with Crippen LogP contribution in [-0.2, 0) is 0 Å². The lowest BCUT2D eigenvalue weighted by atomic mass is 10.0. The highest BCUT2D eigenvalue weighted by Crippen LogP contribution is 2.20. The summed E-state index contributed by atoms with van der Waals surface area (Å²) in [5, 5.41) is 7.85. The average Bonchev–Trinajstić information content (AvgIpc) is 2.15. The molecule has 0 spiro atoms. The molecule has 0 saturated heterocycles. The van der Waals surface area contributed by atoms with Crippen molar-refractivity contribution in [2.45, 2.75) is 20.8 Å². The van der Waals surface area contributed by atoms with Gasteiger partial charge in [0.15, 0.2) is 0 Å². The van der Waals surface area contributed by atoms with Gasteiger partial charge in [-0.3, -0.25) is 0 Å². The van der Waals surface area contributed by atoms with E-state index < -0.39 is 0 Å². The SMILES string of the molecule is Cc1cc2ncnnc2c(C)c1C. The maximum absolute atomic E-state index is 4.17. The molecule has 1 heterocycles. The molecule has 0 fully saturated rings. The molecular weight excluding hydrogens is 162 g/mol. The number of benzene rings is 1. The van der Waals surface area contributed by atoms with Gasteiger partial charge in [0.25, 0.3) is 0 Å². The van der Waals surface area contributed by atoms with E-state index in [2.05, 4.69) is 36.0 Å². The highest BCUT2D eigenvalue weighted by Gasteiger charge is 2.05. The maximum atomic E-state index is 4.17. The Morgan fingerprint density at radius 2 is 1.85 bits per heavy atom. The highest BCUT2D eigenvalue weighted by molar-refractivity contribution is 5.79. The van der Waals surface area contributed by atoms with E-state index in [0.29, 0.717) is 0 Å². The van der Waals surface area contributed by atoms with Gasteiger partial charge >= 0.3 is 0 Å². The van der Waals surface area contributed by atoms with Crippen molar-refractivity contribution in [1.29, 1.82) is 0 Å². The predicted octanol–water partition coefficient (Wildman–Crippen LogP) is 1.95. The highest BCUT2D eigenvalue weighted by atomic mass is 15.1. The summed E-state index contributed by atoms with van der Waals surface area (Å²) >= 11 is 0. The smallest absolute Gasteiger partial charge is 0.138 e. The second kappa shape index (κ2) is 2.76. The van der Waals surface area contributed by atoms with Gasteiger partial charge in [-0.15, -0.1) is 10.2 Å². The first-order chi connectivity index (χ1) is 6.20. The number of hydrogen-bond donors (Lipinski definition) is 0. The first-order valence-corrected chi connectivity index (χ1v) is 4.24. The summed E-state index contributed by atoms with van der Waals surface area (Å²) < 4.78 is 0. The molecule has 0 saturated carbocycles. The summed E-state index contributed by atoms with van der Waals surface area (Å²) in [5.41, 5.74) is 5.54. The fourth-order valence-corrected chi connectivity index (χ4v) is 1.44. The molecule has 2 rings (SSSR count). The summed E-state index contributed by atoms with van der Waals surface area (Å²) in [4.78, 5) is 4.17. The molecule has 2 aromatic rings. The lowest BCUT2D eigenvalue weighted by Gasteiger charge is -2.06. The monoisotopic (exact) mass is 173 g/mol. The number of fused-ring (bicyclic) bond motifs is 1. The van der Waals surface area contributed by atoms with Crippen molar-refractivity contribution in [3.05, 3.63) is 29.1 Å². The molecule has 0 aliphatic rings. The third kappa shape index (κ3) is 1.16. The molecule has 1 aromatic carbocycles. The number of aryl methyl sites for hydroxylation is 2. The van der Waals surface area contributed by atoms with Crippen molar-refractivity contribution < 1.29 is 0 Å². The number of rotatable bonds is 0. The van der Waals surface area contributed by atoms with E-state index in [1.54, 1.807) is 0 Å². The molecule has 1 aromatic heterocycles. The standard InChI is InChI=1S/C10H11N3/c1-6-4-9-10(8(3)7(6)2)13-12-5-11-9/h4-5H,1-3H3. The minimum atomic E-state index is 0.908. The lowest BCUT2D eigenvalue weighted by molar-refractivity contribution is 1.01. The minimum Gasteiger partial charge on any atom is -0.233 e. The number of nitrogens with zero attached hydrogens (tertiary/aromatic N) is 3. The molecule has 3 heteroatoms. The fourth-order valence-electron chi connectivity index (χ4n) is 1.44. The van der Waals surface area contributed by atoms with E-state index in [9.17, 15) is 0 Å². The molecule has 0 atom stereocenters. The minimum absolute atomic E-state index is 0.908. The van der Waals surface area contributed by atoms with Gasteiger partial charge in [0.2, 0.25) is 0 Å². The molecule has 0 amide bonds. The molecule has 0 aliphatic heterocycles. The van der Waals surface area contributed by atoms with E-state index in [1.807, 2.05) is 6.07 Å². The molecule has 0 N–H and O–H groups in total. The predicted molar refractivity (Wildman–Crippen MR) is 51.5 cm³/mol. The zero-order valence-electron chi connectivity index (χ0n) is 8.00. The Balaban J connectivity index is 2.94. The van der Waals surface area contributed by atoms with Crippen LogP contribution >= 0.6 is 0 Å². The van der Waals surface area contributed by atoms with Crippen LogP contribution in [0.15, 0.2) is 12.4 Å². The molecule has 0 aliphatic carbocycles. The van der Waals surface area contributed by atoms with Gasteiger partial charge in [0.1, 0.15) is 11.8 Å². The van der Waals surface area contributed by atoms with Crippen LogP contribution in [0.5, 0.6) is 0 Å². The van der Waals surface area contributed by atoms with Crippen LogP contribution in [0.3, 0.4) is 0 Å². The van der Waals surface area contributed by atoms with Crippen molar-refractivity contribution in [3.63, 3.8) is 0 Å². The quantitative estimate of drug-likeness (QED) is 0.611. The number of aromatic nitrogens is 3. The molecule has 0 unspecified atom stereocenters. The Labute approximate surface area is 76.8 Å². The van der Waals surface area contributed by atoms with Crippen LogP contribution < -0.4 is 0 Å². The van der Waals surface area contributed by atoms with Crippen LogP contribution in [0, 0.1) is 20.8 Å². The van der Waals surface area contributed by atoms with Gasteiger partial charge in [-0.1, -0.05) is 0 Å². The Bertz CT molecular complexity index is 463. The normalized spacial score (nSPS) is 10.7. The van der Waals surface area contributed by atoms with Gasteiger partial charge in [0, 0.05) is 0 Å². The van der Waals surface area contributed by atoms with Crippen LogP contribution in [0.1, 0.15) is 16.7 Å². The van der Waals surface area contributed by atoms with Crippen LogP contribution in [0.25, 0.3) is 11.0 Å². The van der Waals surface area contributed by atoms with E-state index >= 15 is 0 Å². The van der Waals surface area contributed by atoms with E-state index in [4.69, 9.17) is 0 Å². The van der Waals surface area contributed by atoms with Crippen molar-refractivity contribution in [3.8, 4) is 0 Å². The van der Waals surface area contributed by atoms with E-state index in [-0.39, 0.29) is 0 Å². The van der Waals surface area contributed by atoms with E-state index in [0.717, 1.165) is 11.0 Å². The first kappa shape index (κ1) is 8.10. The van der Waals surface area contributed by atoms with Crippen LogP contribution in [0.4, 0.5) is 0 Å². The van der Waals surface area contributed by atoms with Gasteiger partial charge in [-0.2, -0.15) is 0 Å². The summed E-state index contributed by atoms with van der Waals surface area (Å²) in [5.74, 6) is 0. The zero-order valence-corrected chi connectivity index (χ0v) is 8.00. The van der Waals surface area contributed by atoms with Crippen LogP contribution in [0.2, 0.25) is 0 Å². The third-order valence-corrected chi connectivity index (χ3v) is 2.51. The Hall–Kier alpha value is -1.51. The fraction of sp³-hybridized carbons (Fsp3) is 0.300. The van der Waals surface area contributed by atoms with Crippen molar-refractivity contribution in [2.75, 3.05) is 0 Å². The Morgan fingerprint density at radius 1 is 1.08 bits per heavy atom. The van der Waals surface area contributed by atoms with E-state index in [1.165, 1.54) is 23.0 Å². The molecule has 3 nitrogen and oxygen atoms in total. The van der Waals surface area contributed by atoms with Gasteiger partial charge < -0.3 is 0 Å². The lowest BCUT2D eigenvalue weighted by Crippen LogP contribution is -1.94. The molecule has 0 bridgehead atoms. The largest absolute Gasteiger partial charge is 0.233 e. The summed E-state index contributed by atoms with van der Waals surface area (Å²) in [6, 6.07) is 2.05. The molecule has 66 valence electrons. The van der Waals surface area contributed by atoms with Crippen LogP contribution in [-0.4, -0.2) is 15.2 Å².